The molecule has 0 aliphatic carbocycles. The Labute approximate surface area is 95.8 Å². The van der Waals surface area contributed by atoms with Crippen LogP contribution in [-0.2, 0) is 14.8 Å². The molecule has 3 N–H and O–H groups in total. The van der Waals surface area contributed by atoms with Crippen molar-refractivity contribution in [3.05, 3.63) is 0 Å². The molecular weight excluding hydrogens is 238 g/mol. The molecule has 0 amide bonds. The number of hydrogen-bond acceptors (Lipinski definition) is 4. The third kappa shape index (κ3) is 8.55. The Bertz CT molecular complexity index is 279. The summed E-state index contributed by atoms with van der Waals surface area (Å²) in [7, 11) is -0.191. The van der Waals surface area contributed by atoms with Crippen molar-refractivity contribution in [2.24, 2.45) is 0 Å². The van der Waals surface area contributed by atoms with Gasteiger partial charge in [0.1, 0.15) is 0 Å². The van der Waals surface area contributed by atoms with Gasteiger partial charge in [-0.3, -0.25) is 0 Å². The topological polar surface area (TPSA) is 79.5 Å². The van der Waals surface area contributed by atoms with Crippen molar-refractivity contribution in [1.29, 1.82) is 0 Å². The van der Waals surface area contributed by atoms with Gasteiger partial charge in [-0.05, 0) is 19.3 Å². The molecule has 0 fully saturated rings. The van der Waals surface area contributed by atoms with Crippen molar-refractivity contribution in [1.82, 2.24) is 15.4 Å². The maximum absolute atomic E-state index is 11.0. The third-order valence-electron chi connectivity index (χ3n) is 1.56. The van der Waals surface area contributed by atoms with E-state index in [0.717, 1.165) is 0 Å². The Hall–Kier alpha value is -0.440. The molecule has 6 nitrogen and oxygen atoms in total. The molecule has 15 heavy (non-hydrogen) atoms. The van der Waals surface area contributed by atoms with Crippen molar-refractivity contribution in [2.75, 3.05) is 39.6 Å². The molecule has 0 saturated carbocycles. The smallest absolute Gasteiger partial charge is 0.213 e. The van der Waals surface area contributed by atoms with Crippen molar-refractivity contribution >= 4 is 27.4 Å². The Morgan fingerprint density at radius 3 is 2.47 bits per heavy atom. The van der Waals surface area contributed by atoms with Crippen LogP contribution in [-0.4, -0.2) is 53.1 Å². The van der Waals surface area contributed by atoms with Crippen LogP contribution in [0.3, 0.4) is 0 Å². The largest absolute Gasteiger partial charge is 0.383 e. The number of thiocarbonyl (C=S) groups is 1. The van der Waals surface area contributed by atoms with Crippen LogP contribution in [0.5, 0.6) is 0 Å². The summed E-state index contributed by atoms with van der Waals surface area (Å²) in [6.45, 7) is 1.43. The predicted molar refractivity (Wildman–Crippen MR) is 63.3 cm³/mol. The van der Waals surface area contributed by atoms with E-state index >= 15 is 0 Å². The molecule has 0 rings (SSSR count). The Balaban J connectivity index is 3.55. The molecule has 0 heterocycles. The van der Waals surface area contributed by atoms with Gasteiger partial charge in [0.15, 0.2) is 5.11 Å². The van der Waals surface area contributed by atoms with Crippen LogP contribution >= 0.6 is 12.2 Å². The monoisotopic (exact) mass is 255 g/mol. The molecule has 0 aliphatic heterocycles. The maximum Gasteiger partial charge on any atom is 0.213 e. The van der Waals surface area contributed by atoms with Gasteiger partial charge in [0, 0.05) is 20.2 Å². The molecule has 0 aromatic carbocycles. The standard InChI is InChI=1S/C7H17N3O3S2/c1-8-15(11,12)6-4-10-7(14)9-3-5-13-2/h8H,3-6H2,1-2H3,(H2,9,10,14). The minimum Gasteiger partial charge on any atom is -0.383 e. The summed E-state index contributed by atoms with van der Waals surface area (Å²) < 4.78 is 29.0. The van der Waals surface area contributed by atoms with E-state index < -0.39 is 10.0 Å². The average molecular weight is 255 g/mol. The molecule has 0 unspecified atom stereocenters. The molecule has 0 aliphatic rings. The zero-order valence-corrected chi connectivity index (χ0v) is 10.5. The zero-order valence-electron chi connectivity index (χ0n) is 8.87. The van der Waals surface area contributed by atoms with Crippen LogP contribution in [0.4, 0.5) is 0 Å². The van der Waals surface area contributed by atoms with E-state index in [0.29, 0.717) is 18.3 Å². The van der Waals surface area contributed by atoms with Gasteiger partial charge < -0.3 is 15.4 Å². The summed E-state index contributed by atoms with van der Waals surface area (Å²) in [5.74, 6) is -0.00437. The van der Waals surface area contributed by atoms with Crippen LogP contribution < -0.4 is 15.4 Å². The molecular formula is C7H17N3O3S2. The minimum absolute atomic E-state index is 0.00437. The Morgan fingerprint density at radius 2 is 1.93 bits per heavy atom. The maximum atomic E-state index is 11.0. The summed E-state index contributed by atoms with van der Waals surface area (Å²) in [6, 6.07) is 0. The first kappa shape index (κ1) is 14.6. The summed E-state index contributed by atoms with van der Waals surface area (Å²) >= 11 is 4.90. The zero-order chi connectivity index (χ0) is 11.7. The summed E-state index contributed by atoms with van der Waals surface area (Å²) in [5.41, 5.74) is 0. The highest BCUT2D eigenvalue weighted by atomic mass is 32.2. The highest BCUT2D eigenvalue weighted by Crippen LogP contribution is 1.79. The first-order valence-corrected chi connectivity index (χ1v) is 6.49. The van der Waals surface area contributed by atoms with Crippen molar-refractivity contribution in [3.63, 3.8) is 0 Å². The third-order valence-corrected chi connectivity index (χ3v) is 3.21. The van der Waals surface area contributed by atoms with Gasteiger partial charge in [-0.15, -0.1) is 0 Å². The lowest BCUT2D eigenvalue weighted by atomic mass is 10.6. The quantitative estimate of drug-likeness (QED) is 0.385. The highest BCUT2D eigenvalue weighted by Gasteiger charge is 2.05. The fourth-order valence-electron chi connectivity index (χ4n) is 0.730. The minimum atomic E-state index is -3.16. The summed E-state index contributed by atoms with van der Waals surface area (Å²) in [4.78, 5) is 0. The Kier molecular flexibility index (Phi) is 7.57. The van der Waals surface area contributed by atoms with E-state index in [9.17, 15) is 8.42 Å². The molecule has 8 heteroatoms. The van der Waals surface area contributed by atoms with Gasteiger partial charge >= 0.3 is 0 Å². The lowest BCUT2D eigenvalue weighted by molar-refractivity contribution is 0.204. The van der Waals surface area contributed by atoms with E-state index in [1.54, 1.807) is 7.11 Å². The number of nitrogens with one attached hydrogen (secondary N) is 3. The van der Waals surface area contributed by atoms with Crippen molar-refractivity contribution in [3.8, 4) is 0 Å². The van der Waals surface area contributed by atoms with E-state index in [4.69, 9.17) is 17.0 Å². The molecule has 90 valence electrons. The second kappa shape index (κ2) is 7.80. The fourth-order valence-corrected chi connectivity index (χ4v) is 1.51. The van der Waals surface area contributed by atoms with Crippen LogP contribution in [0.2, 0.25) is 0 Å². The second-order valence-electron chi connectivity index (χ2n) is 2.70. The number of rotatable bonds is 7. The summed E-state index contributed by atoms with van der Waals surface area (Å²) in [6.07, 6.45) is 0. The van der Waals surface area contributed by atoms with E-state index in [2.05, 4.69) is 15.4 Å². The average Bonchev–Trinajstić information content (AvgIpc) is 2.18. The fraction of sp³-hybridized carbons (Fsp3) is 0.857. The van der Waals surface area contributed by atoms with Crippen molar-refractivity contribution < 1.29 is 13.2 Å². The van der Waals surface area contributed by atoms with Crippen LogP contribution in [0.15, 0.2) is 0 Å². The van der Waals surface area contributed by atoms with Gasteiger partial charge in [-0.2, -0.15) is 0 Å². The van der Waals surface area contributed by atoms with Crippen LogP contribution in [0.1, 0.15) is 0 Å². The van der Waals surface area contributed by atoms with E-state index in [-0.39, 0.29) is 12.3 Å². The van der Waals surface area contributed by atoms with Crippen LogP contribution in [0.25, 0.3) is 0 Å². The van der Waals surface area contributed by atoms with Gasteiger partial charge in [-0.25, -0.2) is 13.1 Å². The molecule has 0 aromatic heterocycles. The van der Waals surface area contributed by atoms with E-state index in [1.165, 1.54) is 7.05 Å². The van der Waals surface area contributed by atoms with Crippen LogP contribution in [0, 0.1) is 0 Å². The second-order valence-corrected chi connectivity index (χ2v) is 5.15. The van der Waals surface area contributed by atoms with Crippen molar-refractivity contribution in [2.45, 2.75) is 0 Å². The lowest BCUT2D eigenvalue weighted by Crippen LogP contribution is -2.40. The van der Waals surface area contributed by atoms with E-state index in [1.807, 2.05) is 0 Å². The number of methoxy groups -OCH3 is 1. The predicted octanol–water partition coefficient (Wildman–Crippen LogP) is -1.35. The van der Waals surface area contributed by atoms with Gasteiger partial charge in [0.25, 0.3) is 0 Å². The highest BCUT2D eigenvalue weighted by molar-refractivity contribution is 7.89. The Morgan fingerprint density at radius 1 is 1.33 bits per heavy atom. The SMILES string of the molecule is CNS(=O)(=O)CCNC(=S)NCCOC. The first-order valence-electron chi connectivity index (χ1n) is 4.43. The first-order chi connectivity index (χ1) is 7.02. The van der Waals surface area contributed by atoms with Gasteiger partial charge in [0.05, 0.1) is 12.4 Å². The number of ether oxygens (including phenoxy) is 1. The summed E-state index contributed by atoms with van der Waals surface area (Å²) in [5, 5.41) is 6.07. The lowest BCUT2D eigenvalue weighted by Gasteiger charge is -2.09. The molecule has 0 saturated heterocycles. The molecule has 0 radical (unpaired) electrons. The number of hydrogen-bond donors (Lipinski definition) is 3. The number of sulfonamides is 1. The molecule has 0 spiro atoms. The molecule has 0 aromatic rings. The molecule has 0 bridgehead atoms. The molecule has 0 atom stereocenters. The van der Waals surface area contributed by atoms with Gasteiger partial charge in [-0.1, -0.05) is 0 Å². The van der Waals surface area contributed by atoms with Gasteiger partial charge in [0.2, 0.25) is 10.0 Å². The normalized spacial score (nSPS) is 11.1.